The molecule has 128 valence electrons. The Morgan fingerprint density at radius 3 is 2.65 bits per heavy atom. The Kier molecular flexibility index (Phi) is 7.00. The summed E-state index contributed by atoms with van der Waals surface area (Å²) in [6.07, 6.45) is 1.96. The number of benzene rings is 1. The number of hydrogen-bond donors (Lipinski definition) is 1. The lowest BCUT2D eigenvalue weighted by Gasteiger charge is -2.21. The second-order valence-electron chi connectivity index (χ2n) is 6.19. The van der Waals surface area contributed by atoms with E-state index in [9.17, 15) is 4.79 Å². The summed E-state index contributed by atoms with van der Waals surface area (Å²) in [6, 6.07) is 4.96. The van der Waals surface area contributed by atoms with Crippen molar-refractivity contribution in [3.8, 4) is 5.75 Å². The van der Waals surface area contributed by atoms with Gasteiger partial charge in [-0.15, -0.1) is 0 Å². The molecular weight excluding hydrogens is 335 g/mol. The van der Waals surface area contributed by atoms with Crippen molar-refractivity contribution in [3.63, 3.8) is 0 Å². The number of nitrogens with zero attached hydrogens (tertiary/aromatic N) is 1. The van der Waals surface area contributed by atoms with Crippen LogP contribution in [0.1, 0.15) is 26.7 Å². The first-order valence-corrected chi connectivity index (χ1v) is 8.83. The molecule has 0 bridgehead atoms. The van der Waals surface area contributed by atoms with Gasteiger partial charge in [0, 0.05) is 18.1 Å². The lowest BCUT2D eigenvalue weighted by molar-refractivity contribution is -0.127. The van der Waals surface area contributed by atoms with Gasteiger partial charge in [-0.2, -0.15) is 0 Å². The zero-order valence-corrected chi connectivity index (χ0v) is 15.2. The Hall–Kier alpha value is -0.970. The van der Waals surface area contributed by atoms with Crippen LogP contribution in [0.5, 0.6) is 5.75 Å². The summed E-state index contributed by atoms with van der Waals surface area (Å²) in [5.74, 6) is 0.747. The molecule has 0 saturated carbocycles. The molecule has 1 aromatic carbocycles. The second kappa shape index (κ2) is 8.76. The van der Waals surface area contributed by atoms with Gasteiger partial charge in [-0.1, -0.05) is 30.1 Å². The predicted octanol–water partition coefficient (Wildman–Crippen LogP) is 3.61. The van der Waals surface area contributed by atoms with Gasteiger partial charge in [0.05, 0.1) is 5.02 Å². The number of halogens is 2. The van der Waals surface area contributed by atoms with Crippen LogP contribution in [0.2, 0.25) is 10.0 Å². The maximum atomic E-state index is 12.1. The molecule has 1 heterocycles. The van der Waals surface area contributed by atoms with Crippen LogP contribution in [0.15, 0.2) is 18.2 Å². The van der Waals surface area contributed by atoms with Gasteiger partial charge in [0.1, 0.15) is 5.75 Å². The van der Waals surface area contributed by atoms with E-state index in [1.54, 1.807) is 25.1 Å². The molecule has 1 aliphatic rings. The van der Waals surface area contributed by atoms with Crippen molar-refractivity contribution in [3.05, 3.63) is 28.2 Å². The van der Waals surface area contributed by atoms with Gasteiger partial charge in [-0.05, 0) is 57.0 Å². The number of nitrogens with one attached hydrogen (secondary N) is 1. The summed E-state index contributed by atoms with van der Waals surface area (Å²) in [7, 11) is 0. The number of likely N-dealkylation sites (tertiary alicyclic amines) is 1. The molecule has 23 heavy (non-hydrogen) atoms. The van der Waals surface area contributed by atoms with E-state index < -0.39 is 6.10 Å². The highest BCUT2D eigenvalue weighted by molar-refractivity contribution is 6.35. The normalized spacial score (nSPS) is 17.7. The van der Waals surface area contributed by atoms with Crippen LogP contribution in [-0.2, 0) is 4.79 Å². The molecule has 0 radical (unpaired) electrons. The van der Waals surface area contributed by atoms with Crippen molar-refractivity contribution in [2.75, 3.05) is 26.2 Å². The van der Waals surface area contributed by atoms with E-state index in [-0.39, 0.29) is 5.91 Å². The monoisotopic (exact) mass is 358 g/mol. The van der Waals surface area contributed by atoms with E-state index in [1.807, 2.05) is 0 Å². The van der Waals surface area contributed by atoms with Crippen molar-refractivity contribution < 1.29 is 9.53 Å². The topological polar surface area (TPSA) is 41.6 Å². The highest BCUT2D eigenvalue weighted by Crippen LogP contribution is 2.28. The van der Waals surface area contributed by atoms with Crippen LogP contribution in [0.25, 0.3) is 0 Å². The molecule has 1 aromatic rings. The number of carbonyl (C=O) groups excluding carboxylic acids is 1. The largest absolute Gasteiger partial charge is 0.479 e. The highest BCUT2D eigenvalue weighted by atomic mass is 35.5. The summed E-state index contributed by atoms with van der Waals surface area (Å²) < 4.78 is 5.61. The van der Waals surface area contributed by atoms with Crippen LogP contribution in [0, 0.1) is 5.92 Å². The number of rotatable bonds is 7. The van der Waals surface area contributed by atoms with Gasteiger partial charge in [-0.3, -0.25) is 4.79 Å². The van der Waals surface area contributed by atoms with Gasteiger partial charge in [-0.25, -0.2) is 0 Å². The van der Waals surface area contributed by atoms with E-state index in [2.05, 4.69) is 17.1 Å². The third kappa shape index (κ3) is 5.87. The fourth-order valence-corrected chi connectivity index (χ4v) is 3.16. The van der Waals surface area contributed by atoms with Gasteiger partial charge < -0.3 is 15.0 Å². The van der Waals surface area contributed by atoms with E-state index in [0.29, 0.717) is 28.3 Å². The lowest BCUT2D eigenvalue weighted by Crippen LogP contribution is -2.40. The minimum Gasteiger partial charge on any atom is -0.479 e. The summed E-state index contributed by atoms with van der Waals surface area (Å²) in [5.41, 5.74) is 0. The van der Waals surface area contributed by atoms with Crippen molar-refractivity contribution in [2.24, 2.45) is 5.92 Å². The molecule has 4 nitrogen and oxygen atoms in total. The minimum absolute atomic E-state index is 0.135. The first-order chi connectivity index (χ1) is 11.0. The minimum atomic E-state index is -0.604. The summed E-state index contributed by atoms with van der Waals surface area (Å²) >= 11 is 11.9. The van der Waals surface area contributed by atoms with Crippen LogP contribution < -0.4 is 10.1 Å². The fraction of sp³-hybridized carbons (Fsp3) is 0.588. The Bertz CT molecular complexity index is 533. The van der Waals surface area contributed by atoms with Crippen molar-refractivity contribution in [2.45, 2.75) is 32.8 Å². The highest BCUT2D eigenvalue weighted by Gasteiger charge is 2.18. The average molecular weight is 359 g/mol. The predicted molar refractivity (Wildman–Crippen MR) is 94.4 cm³/mol. The van der Waals surface area contributed by atoms with Crippen molar-refractivity contribution >= 4 is 29.1 Å². The molecule has 1 N–H and O–H groups in total. The van der Waals surface area contributed by atoms with Gasteiger partial charge in [0.2, 0.25) is 0 Å². The number of hydrogen-bond acceptors (Lipinski definition) is 3. The molecule has 2 atom stereocenters. The Morgan fingerprint density at radius 2 is 2.00 bits per heavy atom. The molecule has 1 saturated heterocycles. The molecule has 0 spiro atoms. The lowest BCUT2D eigenvalue weighted by atomic mass is 10.1. The third-order valence-corrected chi connectivity index (χ3v) is 4.49. The first-order valence-electron chi connectivity index (χ1n) is 8.07. The van der Waals surface area contributed by atoms with Gasteiger partial charge in [0.25, 0.3) is 5.91 Å². The average Bonchev–Trinajstić information content (AvgIpc) is 3.00. The molecular formula is C17H24Cl2N2O2. The number of ether oxygens (including phenoxy) is 1. The zero-order chi connectivity index (χ0) is 16.8. The van der Waals surface area contributed by atoms with E-state index in [1.165, 1.54) is 25.9 Å². The van der Waals surface area contributed by atoms with Crippen molar-refractivity contribution in [1.82, 2.24) is 10.2 Å². The van der Waals surface area contributed by atoms with Gasteiger partial charge in [0.15, 0.2) is 6.10 Å². The Balaban J connectivity index is 1.75. The van der Waals surface area contributed by atoms with Gasteiger partial charge >= 0.3 is 0 Å². The summed E-state index contributed by atoms with van der Waals surface area (Å²) in [6.45, 7) is 7.89. The molecule has 0 aromatic heterocycles. The third-order valence-electron chi connectivity index (χ3n) is 3.96. The summed E-state index contributed by atoms with van der Waals surface area (Å²) in [4.78, 5) is 14.6. The number of amides is 1. The molecule has 6 heteroatoms. The van der Waals surface area contributed by atoms with Crippen LogP contribution in [0.4, 0.5) is 0 Å². The molecule has 2 unspecified atom stereocenters. The maximum absolute atomic E-state index is 12.1. The van der Waals surface area contributed by atoms with Crippen molar-refractivity contribution in [1.29, 1.82) is 0 Å². The molecule has 1 aliphatic heterocycles. The standard InChI is InChI=1S/C17H24Cl2N2O2/c1-12(11-21-7-3-4-8-21)10-20-17(22)13(2)23-16-6-5-14(18)9-15(16)19/h5-6,9,12-13H,3-4,7-8,10-11H2,1-2H3,(H,20,22). The second-order valence-corrected chi connectivity index (χ2v) is 7.04. The molecule has 1 amide bonds. The molecule has 1 fully saturated rings. The van der Waals surface area contributed by atoms with Crippen LogP contribution >= 0.6 is 23.2 Å². The quantitative estimate of drug-likeness (QED) is 0.809. The van der Waals surface area contributed by atoms with Crippen LogP contribution in [-0.4, -0.2) is 43.1 Å². The summed E-state index contributed by atoms with van der Waals surface area (Å²) in [5, 5.41) is 3.89. The Labute approximate surface area is 148 Å². The smallest absolute Gasteiger partial charge is 0.260 e. The first kappa shape index (κ1) is 18.4. The maximum Gasteiger partial charge on any atom is 0.260 e. The molecule has 0 aliphatic carbocycles. The fourth-order valence-electron chi connectivity index (χ4n) is 2.70. The number of carbonyl (C=O) groups is 1. The van der Waals surface area contributed by atoms with Crippen LogP contribution in [0.3, 0.4) is 0 Å². The Morgan fingerprint density at radius 1 is 1.30 bits per heavy atom. The van der Waals surface area contributed by atoms with E-state index in [0.717, 1.165) is 6.54 Å². The molecule has 2 rings (SSSR count). The van der Waals surface area contributed by atoms with E-state index in [4.69, 9.17) is 27.9 Å². The zero-order valence-electron chi connectivity index (χ0n) is 13.6. The van der Waals surface area contributed by atoms with E-state index >= 15 is 0 Å². The SMILES string of the molecule is CC(CNC(=O)C(C)Oc1ccc(Cl)cc1Cl)CN1CCCC1.